The quantitative estimate of drug-likeness (QED) is 0.725. The van der Waals surface area contributed by atoms with Crippen molar-refractivity contribution in [1.82, 2.24) is 10.2 Å². The van der Waals surface area contributed by atoms with Gasteiger partial charge in [-0.05, 0) is 31.6 Å². The molecule has 108 valence electrons. The summed E-state index contributed by atoms with van der Waals surface area (Å²) >= 11 is 0. The van der Waals surface area contributed by atoms with Crippen molar-refractivity contribution in [3.63, 3.8) is 0 Å². The highest BCUT2D eigenvalue weighted by Crippen LogP contribution is 2.34. The fourth-order valence-electron chi connectivity index (χ4n) is 2.76. The highest BCUT2D eigenvalue weighted by atomic mass is 16.4. The van der Waals surface area contributed by atoms with Gasteiger partial charge in [-0.15, -0.1) is 0 Å². The van der Waals surface area contributed by atoms with Crippen molar-refractivity contribution in [3.05, 3.63) is 0 Å². The molecule has 2 amide bonds. The Balaban J connectivity index is 1.72. The predicted molar refractivity (Wildman–Crippen MR) is 71.9 cm³/mol. The smallest absolute Gasteiger partial charge is 0.317 e. The average molecular weight is 268 g/mol. The largest absolute Gasteiger partial charge is 0.481 e. The Morgan fingerprint density at radius 1 is 1.42 bits per heavy atom. The molecule has 1 unspecified atom stereocenters. The number of carbonyl (C=O) groups excluding carboxylic acids is 1. The fraction of sp³-hybridized carbons (Fsp3) is 0.857. The minimum absolute atomic E-state index is 0.104. The van der Waals surface area contributed by atoms with Gasteiger partial charge in [-0.25, -0.2) is 4.79 Å². The van der Waals surface area contributed by atoms with Gasteiger partial charge in [-0.3, -0.25) is 4.79 Å². The van der Waals surface area contributed by atoms with Gasteiger partial charge in [0.1, 0.15) is 0 Å². The molecule has 19 heavy (non-hydrogen) atoms. The van der Waals surface area contributed by atoms with Crippen molar-refractivity contribution in [3.8, 4) is 0 Å². The first-order valence-electron chi connectivity index (χ1n) is 7.33. The molecule has 1 heterocycles. The molecule has 0 bridgehead atoms. The minimum Gasteiger partial charge on any atom is -0.481 e. The van der Waals surface area contributed by atoms with Crippen LogP contribution in [0.2, 0.25) is 0 Å². The number of likely N-dealkylation sites (tertiary alicyclic amines) is 1. The van der Waals surface area contributed by atoms with E-state index in [4.69, 9.17) is 0 Å². The van der Waals surface area contributed by atoms with E-state index >= 15 is 0 Å². The molecule has 1 saturated heterocycles. The summed E-state index contributed by atoms with van der Waals surface area (Å²) in [5.41, 5.74) is -0.731. The second-order valence-electron chi connectivity index (χ2n) is 5.93. The van der Waals surface area contributed by atoms with Gasteiger partial charge in [0.25, 0.3) is 0 Å². The summed E-state index contributed by atoms with van der Waals surface area (Å²) in [6.45, 7) is 3.48. The molecule has 1 aliphatic carbocycles. The lowest BCUT2D eigenvalue weighted by Crippen LogP contribution is -2.41. The van der Waals surface area contributed by atoms with Gasteiger partial charge >= 0.3 is 12.0 Å². The van der Waals surface area contributed by atoms with Crippen LogP contribution in [-0.2, 0) is 4.79 Å². The van der Waals surface area contributed by atoms with Crippen molar-refractivity contribution in [1.29, 1.82) is 0 Å². The highest BCUT2D eigenvalue weighted by molar-refractivity contribution is 5.79. The van der Waals surface area contributed by atoms with Crippen LogP contribution >= 0.6 is 0 Å². The molecule has 0 spiro atoms. The molecule has 1 aliphatic heterocycles. The number of carboxylic acids is 1. The zero-order valence-electron chi connectivity index (χ0n) is 11.7. The number of urea groups is 1. The van der Waals surface area contributed by atoms with E-state index < -0.39 is 11.4 Å². The van der Waals surface area contributed by atoms with Crippen molar-refractivity contribution >= 4 is 12.0 Å². The molecule has 0 aromatic heterocycles. The lowest BCUT2D eigenvalue weighted by molar-refractivity contribution is -0.148. The van der Waals surface area contributed by atoms with Crippen LogP contribution in [0.4, 0.5) is 4.79 Å². The highest BCUT2D eigenvalue weighted by Gasteiger charge is 2.44. The van der Waals surface area contributed by atoms with Crippen molar-refractivity contribution in [2.24, 2.45) is 11.3 Å². The molecule has 2 N–H and O–H groups in total. The third kappa shape index (κ3) is 3.39. The van der Waals surface area contributed by atoms with Gasteiger partial charge in [-0.2, -0.15) is 0 Å². The number of amides is 2. The second-order valence-corrected chi connectivity index (χ2v) is 5.93. The molecule has 0 aromatic rings. The van der Waals surface area contributed by atoms with Crippen LogP contribution in [0.5, 0.6) is 0 Å². The van der Waals surface area contributed by atoms with Crippen LogP contribution in [0.1, 0.15) is 45.4 Å². The van der Waals surface area contributed by atoms with E-state index in [9.17, 15) is 14.7 Å². The molecule has 5 heteroatoms. The van der Waals surface area contributed by atoms with Crippen LogP contribution in [0.25, 0.3) is 0 Å². The van der Waals surface area contributed by atoms with Crippen LogP contribution < -0.4 is 5.32 Å². The van der Waals surface area contributed by atoms with E-state index in [0.717, 1.165) is 12.3 Å². The number of aliphatic carboxylic acids is 1. The molecule has 2 rings (SSSR count). The van der Waals surface area contributed by atoms with Crippen LogP contribution in [0, 0.1) is 11.3 Å². The monoisotopic (exact) mass is 268 g/mol. The zero-order valence-corrected chi connectivity index (χ0v) is 11.7. The molecular formula is C14H24N2O3. The predicted octanol–water partition coefficient (Wildman–Crippen LogP) is 2.07. The Bertz CT molecular complexity index is 355. The van der Waals surface area contributed by atoms with Crippen molar-refractivity contribution in [2.75, 3.05) is 19.6 Å². The first-order chi connectivity index (χ1) is 9.07. The standard InChI is InChI=1S/C14H24N2O3/c1-2-14(12(17)18)7-9-16(10-14)13(19)15-8-3-4-11-5-6-11/h11H,2-10H2,1H3,(H,15,19)(H,17,18). The van der Waals surface area contributed by atoms with E-state index in [1.54, 1.807) is 4.90 Å². The van der Waals surface area contributed by atoms with Gasteiger partial charge in [0.15, 0.2) is 0 Å². The van der Waals surface area contributed by atoms with Gasteiger partial charge in [-0.1, -0.05) is 19.8 Å². The molecule has 2 fully saturated rings. The topological polar surface area (TPSA) is 69.6 Å². The third-order valence-electron chi connectivity index (χ3n) is 4.53. The molecule has 0 radical (unpaired) electrons. The van der Waals surface area contributed by atoms with E-state index in [1.807, 2.05) is 6.92 Å². The fourth-order valence-corrected chi connectivity index (χ4v) is 2.76. The van der Waals surface area contributed by atoms with Gasteiger partial charge < -0.3 is 15.3 Å². The molecule has 1 atom stereocenters. The number of nitrogens with zero attached hydrogens (tertiary/aromatic N) is 1. The van der Waals surface area contributed by atoms with Gasteiger partial charge in [0, 0.05) is 19.6 Å². The zero-order chi connectivity index (χ0) is 13.9. The first-order valence-corrected chi connectivity index (χ1v) is 7.33. The minimum atomic E-state index is -0.779. The first kappa shape index (κ1) is 14.2. The van der Waals surface area contributed by atoms with Crippen molar-refractivity contribution < 1.29 is 14.7 Å². The Morgan fingerprint density at radius 2 is 2.16 bits per heavy atom. The van der Waals surface area contributed by atoms with Crippen molar-refractivity contribution in [2.45, 2.75) is 45.4 Å². The third-order valence-corrected chi connectivity index (χ3v) is 4.53. The van der Waals surface area contributed by atoms with E-state index in [1.165, 1.54) is 19.3 Å². The maximum Gasteiger partial charge on any atom is 0.317 e. The number of rotatable bonds is 6. The summed E-state index contributed by atoms with van der Waals surface area (Å²) in [4.78, 5) is 24.9. The van der Waals surface area contributed by atoms with Crippen LogP contribution in [-0.4, -0.2) is 41.6 Å². The number of hydrogen-bond acceptors (Lipinski definition) is 2. The van der Waals surface area contributed by atoms with Crippen LogP contribution in [0.3, 0.4) is 0 Å². The Morgan fingerprint density at radius 3 is 2.68 bits per heavy atom. The molecule has 2 aliphatic rings. The maximum atomic E-state index is 12.0. The number of hydrogen-bond donors (Lipinski definition) is 2. The van der Waals surface area contributed by atoms with Gasteiger partial charge in [0.2, 0.25) is 0 Å². The lowest BCUT2D eigenvalue weighted by Gasteiger charge is -2.23. The van der Waals surface area contributed by atoms with Crippen LogP contribution in [0.15, 0.2) is 0 Å². The summed E-state index contributed by atoms with van der Waals surface area (Å²) in [5, 5.41) is 12.2. The van der Waals surface area contributed by atoms with E-state index in [-0.39, 0.29) is 6.03 Å². The maximum absolute atomic E-state index is 12.0. The van der Waals surface area contributed by atoms with Gasteiger partial charge in [0.05, 0.1) is 5.41 Å². The summed E-state index contributed by atoms with van der Waals surface area (Å²) in [7, 11) is 0. The average Bonchev–Trinajstić information content (AvgIpc) is 3.10. The lowest BCUT2D eigenvalue weighted by atomic mass is 9.84. The number of carboxylic acid groups (broad SMARTS) is 1. The summed E-state index contributed by atoms with van der Waals surface area (Å²) in [6.07, 6.45) is 6.06. The Kier molecular flexibility index (Phi) is 4.32. The number of carbonyl (C=O) groups is 2. The van der Waals surface area contributed by atoms with E-state index in [0.29, 0.717) is 32.5 Å². The summed E-state index contributed by atoms with van der Waals surface area (Å²) in [6, 6.07) is -0.104. The molecule has 0 aromatic carbocycles. The summed E-state index contributed by atoms with van der Waals surface area (Å²) in [5.74, 6) is 0.113. The summed E-state index contributed by atoms with van der Waals surface area (Å²) < 4.78 is 0. The normalized spacial score (nSPS) is 26.5. The Hall–Kier alpha value is -1.26. The molecule has 5 nitrogen and oxygen atoms in total. The molecular weight excluding hydrogens is 244 g/mol. The molecule has 1 saturated carbocycles. The van der Waals surface area contributed by atoms with E-state index in [2.05, 4.69) is 5.32 Å². The SMILES string of the molecule is CCC1(C(=O)O)CCN(C(=O)NCCCC2CC2)C1. The second kappa shape index (κ2) is 5.80. The Labute approximate surface area is 114 Å². The number of nitrogens with one attached hydrogen (secondary N) is 1.